The van der Waals surface area contributed by atoms with Crippen molar-refractivity contribution in [1.82, 2.24) is 9.88 Å². The number of halogens is 1. The Kier molecular flexibility index (Phi) is 6.80. The molecule has 2 aromatic rings. The summed E-state index contributed by atoms with van der Waals surface area (Å²) in [6, 6.07) is 9.17. The van der Waals surface area contributed by atoms with Gasteiger partial charge in [-0.15, -0.1) is 0 Å². The molecular formula is C21H24BrN3O3. The van der Waals surface area contributed by atoms with Gasteiger partial charge in [0.15, 0.2) is 5.78 Å². The molecule has 3 rings (SSSR count). The van der Waals surface area contributed by atoms with Crippen molar-refractivity contribution in [3.63, 3.8) is 0 Å². The molecule has 1 saturated heterocycles. The summed E-state index contributed by atoms with van der Waals surface area (Å²) in [5.41, 5.74) is 1.68. The van der Waals surface area contributed by atoms with Crippen molar-refractivity contribution < 1.29 is 14.3 Å². The van der Waals surface area contributed by atoms with Crippen molar-refractivity contribution in [3.05, 3.63) is 52.1 Å². The number of benzene rings is 1. The van der Waals surface area contributed by atoms with Gasteiger partial charge in [0.25, 0.3) is 0 Å². The van der Waals surface area contributed by atoms with Crippen molar-refractivity contribution in [2.24, 2.45) is 5.92 Å². The Labute approximate surface area is 173 Å². The Morgan fingerprint density at radius 3 is 2.61 bits per heavy atom. The van der Waals surface area contributed by atoms with Crippen LogP contribution in [0.1, 0.15) is 35.7 Å². The minimum atomic E-state index is -0.0212. The molecule has 148 valence electrons. The number of rotatable bonds is 6. The van der Waals surface area contributed by atoms with E-state index in [9.17, 15) is 9.59 Å². The molecule has 6 nitrogen and oxygen atoms in total. The molecule has 0 spiro atoms. The van der Waals surface area contributed by atoms with Gasteiger partial charge in [-0.3, -0.25) is 14.5 Å². The maximum absolute atomic E-state index is 12.5. The summed E-state index contributed by atoms with van der Waals surface area (Å²) in [6.45, 7) is 3.90. The average molecular weight is 446 g/mol. The van der Waals surface area contributed by atoms with Crippen LogP contribution in [-0.2, 0) is 11.3 Å². The molecule has 1 aliphatic heterocycles. The summed E-state index contributed by atoms with van der Waals surface area (Å²) >= 11 is 3.34. The first-order valence-corrected chi connectivity index (χ1v) is 10.1. The smallest absolute Gasteiger partial charge is 0.228 e. The summed E-state index contributed by atoms with van der Waals surface area (Å²) < 4.78 is 6.32. The summed E-state index contributed by atoms with van der Waals surface area (Å²) in [5.74, 6) is 1.39. The van der Waals surface area contributed by atoms with E-state index in [0.717, 1.165) is 41.7 Å². The fraction of sp³-hybridized carbons (Fsp3) is 0.381. The van der Waals surface area contributed by atoms with Crippen molar-refractivity contribution in [2.75, 3.05) is 25.5 Å². The molecule has 1 N–H and O–H groups in total. The minimum absolute atomic E-state index is 0.0191. The Morgan fingerprint density at radius 1 is 1.25 bits per heavy atom. The normalized spacial score (nSPS) is 15.2. The first-order valence-electron chi connectivity index (χ1n) is 9.29. The highest BCUT2D eigenvalue weighted by Crippen LogP contribution is 2.25. The number of pyridine rings is 1. The number of ketones is 1. The van der Waals surface area contributed by atoms with Crippen LogP contribution in [0.2, 0.25) is 0 Å². The van der Waals surface area contributed by atoms with Crippen molar-refractivity contribution >= 4 is 33.4 Å². The number of aromatic nitrogens is 1. The number of nitrogens with zero attached hydrogens (tertiary/aromatic N) is 2. The number of ether oxygens (including phenoxy) is 1. The van der Waals surface area contributed by atoms with Crippen molar-refractivity contribution in [2.45, 2.75) is 26.3 Å². The van der Waals surface area contributed by atoms with Gasteiger partial charge in [0.1, 0.15) is 11.6 Å². The molecule has 2 heterocycles. The second-order valence-electron chi connectivity index (χ2n) is 6.98. The lowest BCUT2D eigenvalue weighted by Crippen LogP contribution is -2.38. The van der Waals surface area contributed by atoms with Crippen LogP contribution in [0.4, 0.5) is 5.82 Å². The molecule has 1 aromatic heterocycles. The SMILES string of the molecule is COc1ccc(C(C)=O)cc1CN1CCC(C(=O)Nc2ccc(Br)cn2)CC1. The first-order chi connectivity index (χ1) is 13.5. The summed E-state index contributed by atoms with van der Waals surface area (Å²) in [6.07, 6.45) is 3.24. The molecule has 1 fully saturated rings. The van der Waals surface area contributed by atoms with Gasteiger partial charge in [-0.05, 0) is 79.1 Å². The van der Waals surface area contributed by atoms with Crippen LogP contribution >= 0.6 is 15.9 Å². The van der Waals surface area contributed by atoms with E-state index in [0.29, 0.717) is 17.9 Å². The van der Waals surface area contributed by atoms with Crippen LogP contribution < -0.4 is 10.1 Å². The fourth-order valence-corrected chi connectivity index (χ4v) is 3.63. The lowest BCUT2D eigenvalue weighted by atomic mass is 9.95. The molecule has 7 heteroatoms. The monoisotopic (exact) mass is 445 g/mol. The number of likely N-dealkylation sites (tertiary alicyclic amines) is 1. The van der Waals surface area contributed by atoms with Crippen molar-refractivity contribution in [3.8, 4) is 5.75 Å². The summed E-state index contributed by atoms with van der Waals surface area (Å²) in [5, 5.41) is 2.89. The minimum Gasteiger partial charge on any atom is -0.496 e. The summed E-state index contributed by atoms with van der Waals surface area (Å²) in [7, 11) is 1.64. The predicted molar refractivity (Wildman–Crippen MR) is 112 cm³/mol. The Balaban J connectivity index is 1.56. The average Bonchev–Trinajstić information content (AvgIpc) is 2.70. The quantitative estimate of drug-likeness (QED) is 0.682. The Morgan fingerprint density at radius 2 is 2.00 bits per heavy atom. The van der Waals surface area contributed by atoms with Crippen LogP contribution in [0.15, 0.2) is 41.0 Å². The van der Waals surface area contributed by atoms with Gasteiger partial charge in [0.2, 0.25) is 5.91 Å². The molecule has 1 amide bonds. The van der Waals surface area contributed by atoms with Crippen LogP contribution in [0.3, 0.4) is 0 Å². The van der Waals surface area contributed by atoms with Gasteiger partial charge in [-0.2, -0.15) is 0 Å². The second kappa shape index (κ2) is 9.30. The second-order valence-corrected chi connectivity index (χ2v) is 7.90. The number of amides is 1. The number of anilines is 1. The van der Waals surface area contributed by atoms with Crippen molar-refractivity contribution in [1.29, 1.82) is 0 Å². The zero-order valence-corrected chi connectivity index (χ0v) is 17.7. The van der Waals surface area contributed by atoms with Gasteiger partial charge in [0.05, 0.1) is 7.11 Å². The summed E-state index contributed by atoms with van der Waals surface area (Å²) in [4.78, 5) is 30.7. The van der Waals surface area contributed by atoms with Crippen LogP contribution in [0.5, 0.6) is 5.75 Å². The van der Waals surface area contributed by atoms with E-state index in [1.807, 2.05) is 18.2 Å². The number of hydrogen-bond acceptors (Lipinski definition) is 5. The molecule has 0 aliphatic carbocycles. The number of carbonyl (C=O) groups is 2. The predicted octanol–water partition coefficient (Wildman–Crippen LogP) is 3.91. The fourth-order valence-electron chi connectivity index (χ4n) is 3.39. The Hall–Kier alpha value is -2.25. The van der Waals surface area contributed by atoms with E-state index in [-0.39, 0.29) is 17.6 Å². The number of nitrogens with one attached hydrogen (secondary N) is 1. The van der Waals surface area contributed by atoms with E-state index in [4.69, 9.17) is 4.74 Å². The molecule has 28 heavy (non-hydrogen) atoms. The van der Waals surface area contributed by atoms with Crippen LogP contribution in [0, 0.1) is 5.92 Å². The van der Waals surface area contributed by atoms with E-state index in [1.54, 1.807) is 32.4 Å². The maximum atomic E-state index is 12.5. The molecule has 0 radical (unpaired) electrons. The van der Waals surface area contributed by atoms with Crippen LogP contribution in [-0.4, -0.2) is 41.8 Å². The highest BCUT2D eigenvalue weighted by molar-refractivity contribution is 9.10. The van der Waals surface area contributed by atoms with E-state index >= 15 is 0 Å². The zero-order valence-electron chi connectivity index (χ0n) is 16.1. The lowest BCUT2D eigenvalue weighted by Gasteiger charge is -2.31. The number of carbonyl (C=O) groups excluding carboxylic acids is 2. The number of Topliss-reactive ketones (excluding diaryl/α,β-unsaturated/α-hetero) is 1. The Bertz CT molecular complexity index is 846. The topological polar surface area (TPSA) is 71.5 Å². The van der Waals surface area contributed by atoms with Gasteiger partial charge >= 0.3 is 0 Å². The molecular weight excluding hydrogens is 422 g/mol. The molecule has 1 aliphatic rings. The lowest BCUT2D eigenvalue weighted by molar-refractivity contribution is -0.121. The highest BCUT2D eigenvalue weighted by Gasteiger charge is 2.26. The third kappa shape index (κ3) is 5.17. The number of piperidine rings is 1. The standard InChI is InChI=1S/C21H24BrN3O3/c1-14(26)16-3-5-19(28-2)17(11-16)13-25-9-7-15(8-10-25)21(27)24-20-6-4-18(22)12-23-20/h3-6,11-12,15H,7-10,13H2,1-2H3,(H,23,24,27). The first kappa shape index (κ1) is 20.5. The molecule has 0 atom stereocenters. The van der Waals surface area contributed by atoms with E-state index < -0.39 is 0 Å². The maximum Gasteiger partial charge on any atom is 0.228 e. The highest BCUT2D eigenvalue weighted by atomic mass is 79.9. The number of methoxy groups -OCH3 is 1. The molecule has 0 bridgehead atoms. The van der Waals surface area contributed by atoms with Gasteiger partial charge in [-0.25, -0.2) is 4.98 Å². The molecule has 0 saturated carbocycles. The third-order valence-electron chi connectivity index (χ3n) is 5.02. The molecule has 0 unspecified atom stereocenters. The van der Waals surface area contributed by atoms with E-state index in [1.165, 1.54) is 0 Å². The number of hydrogen-bond donors (Lipinski definition) is 1. The van der Waals surface area contributed by atoms with Gasteiger partial charge < -0.3 is 10.1 Å². The zero-order chi connectivity index (χ0) is 20.1. The van der Waals surface area contributed by atoms with E-state index in [2.05, 4.69) is 31.1 Å². The largest absolute Gasteiger partial charge is 0.496 e. The van der Waals surface area contributed by atoms with Gasteiger partial charge in [-0.1, -0.05) is 0 Å². The van der Waals surface area contributed by atoms with Crippen LogP contribution in [0.25, 0.3) is 0 Å². The van der Waals surface area contributed by atoms with Gasteiger partial charge in [0, 0.05) is 34.3 Å². The molecule has 1 aromatic carbocycles. The third-order valence-corrected chi connectivity index (χ3v) is 5.49.